The molecular weight excluding hydrogens is 441 g/mol. The molecule has 0 saturated carbocycles. The first-order valence-electron chi connectivity index (χ1n) is 11.2. The van der Waals surface area contributed by atoms with E-state index in [1.54, 1.807) is 13.8 Å². The van der Waals surface area contributed by atoms with E-state index < -0.39 is 11.0 Å². The Morgan fingerprint density at radius 1 is 1.19 bits per heavy atom. The number of rotatable bonds is 7. The van der Waals surface area contributed by atoms with Gasteiger partial charge in [0, 0.05) is 16.0 Å². The van der Waals surface area contributed by atoms with Gasteiger partial charge in [0.2, 0.25) is 5.91 Å². The summed E-state index contributed by atoms with van der Waals surface area (Å²) in [6.07, 6.45) is 3.67. The maximum atomic E-state index is 14.1. The predicted octanol–water partition coefficient (Wildman–Crippen LogP) is 7.18. The molecule has 0 spiro atoms. The van der Waals surface area contributed by atoms with Crippen LogP contribution in [0.5, 0.6) is 0 Å². The highest BCUT2D eigenvalue weighted by Gasteiger charge is 2.52. The number of nitrogens with zero attached hydrogens (tertiary/aromatic N) is 1. The number of likely N-dealkylation sites (tertiary alicyclic amines) is 1. The Kier molecular flexibility index (Phi) is 7.44. The lowest BCUT2D eigenvalue weighted by Gasteiger charge is -2.54. The van der Waals surface area contributed by atoms with E-state index in [2.05, 4.69) is 12.6 Å². The minimum absolute atomic E-state index is 0.00562. The number of aliphatic hydroxyl groups is 1. The number of benzene rings is 2. The van der Waals surface area contributed by atoms with Crippen molar-refractivity contribution in [1.29, 1.82) is 0 Å². The molecule has 1 heterocycles. The van der Waals surface area contributed by atoms with Gasteiger partial charge in [-0.1, -0.05) is 67.4 Å². The van der Waals surface area contributed by atoms with E-state index in [9.17, 15) is 9.90 Å². The normalized spacial score (nSPS) is 25.0. The zero-order valence-corrected chi connectivity index (χ0v) is 20.8. The molecule has 3 unspecified atom stereocenters. The molecule has 2 aromatic carbocycles. The summed E-state index contributed by atoms with van der Waals surface area (Å²) >= 11 is 12.6. The molecule has 1 amide bonds. The SMILES string of the molecule is C=CC[C@@]1(C)CC(c2cccc(Cl)c2)C(c2ccc(Cl)cc2)N(C(CC)C(C)(C)O)C1=O. The third kappa shape index (κ3) is 4.90. The first-order chi connectivity index (χ1) is 15.0. The number of allylic oxidation sites excluding steroid dienone is 1. The van der Waals surface area contributed by atoms with Crippen LogP contribution in [0.2, 0.25) is 10.0 Å². The van der Waals surface area contributed by atoms with Crippen molar-refractivity contribution in [3.05, 3.63) is 82.4 Å². The average Bonchev–Trinajstić information content (AvgIpc) is 2.71. The van der Waals surface area contributed by atoms with Crippen LogP contribution >= 0.6 is 23.2 Å². The van der Waals surface area contributed by atoms with Crippen molar-refractivity contribution in [2.45, 2.75) is 70.6 Å². The van der Waals surface area contributed by atoms with Crippen molar-refractivity contribution >= 4 is 29.1 Å². The Morgan fingerprint density at radius 2 is 1.84 bits per heavy atom. The van der Waals surface area contributed by atoms with Crippen molar-refractivity contribution < 1.29 is 9.90 Å². The van der Waals surface area contributed by atoms with Gasteiger partial charge in [-0.15, -0.1) is 6.58 Å². The predicted molar refractivity (Wildman–Crippen MR) is 133 cm³/mol. The summed E-state index contributed by atoms with van der Waals surface area (Å²) in [6, 6.07) is 15.0. The monoisotopic (exact) mass is 473 g/mol. The molecule has 0 radical (unpaired) electrons. The van der Waals surface area contributed by atoms with E-state index in [-0.39, 0.29) is 23.9 Å². The maximum Gasteiger partial charge on any atom is 0.229 e. The fourth-order valence-electron chi connectivity index (χ4n) is 5.27. The van der Waals surface area contributed by atoms with Crippen molar-refractivity contribution in [3.8, 4) is 0 Å². The van der Waals surface area contributed by atoms with Gasteiger partial charge in [0.15, 0.2) is 0 Å². The van der Waals surface area contributed by atoms with E-state index in [1.165, 1.54) is 0 Å². The van der Waals surface area contributed by atoms with Gasteiger partial charge in [-0.3, -0.25) is 4.79 Å². The average molecular weight is 474 g/mol. The zero-order chi connectivity index (χ0) is 23.7. The van der Waals surface area contributed by atoms with Gasteiger partial charge in [0.05, 0.1) is 23.1 Å². The van der Waals surface area contributed by atoms with Gasteiger partial charge in [0.25, 0.3) is 0 Å². The standard InChI is InChI=1S/C27H33Cl2NO2/c1-6-15-27(5)17-22(19-9-8-10-21(29)16-19)24(18-11-13-20(28)14-12-18)30(25(27)31)23(7-2)26(3,4)32/h6,8-14,16,22-24,32H,1,7,15,17H2,2-5H3/t22?,23?,24?,27-/m0/s1. The van der Waals surface area contributed by atoms with Gasteiger partial charge in [-0.2, -0.15) is 0 Å². The minimum Gasteiger partial charge on any atom is -0.388 e. The van der Waals surface area contributed by atoms with Crippen molar-refractivity contribution in [3.63, 3.8) is 0 Å². The Bertz CT molecular complexity index is 966. The van der Waals surface area contributed by atoms with Crippen LogP contribution in [0.25, 0.3) is 0 Å². The molecule has 1 aliphatic rings. The zero-order valence-electron chi connectivity index (χ0n) is 19.3. The van der Waals surface area contributed by atoms with E-state index in [0.29, 0.717) is 29.3 Å². The quantitative estimate of drug-likeness (QED) is 0.432. The van der Waals surface area contributed by atoms with Crippen molar-refractivity contribution in [2.75, 3.05) is 0 Å². The van der Waals surface area contributed by atoms with Crippen LogP contribution in [0, 0.1) is 5.41 Å². The second-order valence-corrected chi connectivity index (χ2v) is 10.6. The first-order valence-corrected chi connectivity index (χ1v) is 11.9. The molecule has 4 atom stereocenters. The summed E-state index contributed by atoms with van der Waals surface area (Å²) in [6.45, 7) is 11.5. The van der Waals surface area contributed by atoms with Gasteiger partial charge in [-0.05, 0) is 68.5 Å². The smallest absolute Gasteiger partial charge is 0.229 e. The number of hydrogen-bond acceptors (Lipinski definition) is 2. The van der Waals surface area contributed by atoms with Gasteiger partial charge in [-0.25, -0.2) is 0 Å². The molecule has 0 bridgehead atoms. The summed E-state index contributed by atoms with van der Waals surface area (Å²) in [5.74, 6) is 0.0403. The van der Waals surface area contributed by atoms with Crippen LogP contribution < -0.4 is 0 Å². The highest BCUT2D eigenvalue weighted by molar-refractivity contribution is 6.30. The van der Waals surface area contributed by atoms with Gasteiger partial charge < -0.3 is 10.0 Å². The first kappa shape index (κ1) is 24.8. The molecule has 1 saturated heterocycles. The number of piperidine rings is 1. The van der Waals surface area contributed by atoms with Crippen molar-refractivity contribution in [2.24, 2.45) is 5.41 Å². The summed E-state index contributed by atoms with van der Waals surface area (Å²) in [5.41, 5.74) is 0.378. The molecule has 1 fully saturated rings. The van der Waals surface area contributed by atoms with Crippen molar-refractivity contribution in [1.82, 2.24) is 4.90 Å². The minimum atomic E-state index is -1.07. The van der Waals surface area contributed by atoms with Crippen LogP contribution in [0.15, 0.2) is 61.2 Å². The van der Waals surface area contributed by atoms with Crippen LogP contribution in [-0.2, 0) is 4.79 Å². The fraction of sp³-hybridized carbons (Fsp3) is 0.444. The highest BCUT2D eigenvalue weighted by atomic mass is 35.5. The Morgan fingerprint density at radius 3 is 2.38 bits per heavy atom. The maximum absolute atomic E-state index is 14.1. The summed E-state index contributed by atoms with van der Waals surface area (Å²) in [4.78, 5) is 16.0. The molecule has 2 aromatic rings. The number of amides is 1. The fourth-order valence-corrected chi connectivity index (χ4v) is 5.59. The molecule has 3 nitrogen and oxygen atoms in total. The number of hydrogen-bond donors (Lipinski definition) is 1. The molecular formula is C27H33Cl2NO2. The Balaban J connectivity index is 2.27. The molecule has 32 heavy (non-hydrogen) atoms. The second kappa shape index (κ2) is 9.59. The number of carbonyl (C=O) groups is 1. The lowest BCUT2D eigenvalue weighted by molar-refractivity contribution is -0.162. The molecule has 172 valence electrons. The molecule has 3 rings (SSSR count). The van der Waals surface area contributed by atoms with Gasteiger partial charge >= 0.3 is 0 Å². The largest absolute Gasteiger partial charge is 0.388 e. The summed E-state index contributed by atoms with van der Waals surface area (Å²) < 4.78 is 0. The molecule has 5 heteroatoms. The number of halogens is 2. The highest BCUT2D eigenvalue weighted by Crippen LogP contribution is 2.53. The van der Waals surface area contributed by atoms with Crippen LogP contribution in [0.1, 0.15) is 70.0 Å². The summed E-state index contributed by atoms with van der Waals surface area (Å²) in [5, 5.41) is 12.4. The van der Waals surface area contributed by atoms with Crippen LogP contribution in [0.3, 0.4) is 0 Å². The summed E-state index contributed by atoms with van der Waals surface area (Å²) in [7, 11) is 0. The lowest BCUT2D eigenvalue weighted by atomic mass is 9.66. The number of carbonyl (C=O) groups excluding carboxylic acids is 1. The Hall–Kier alpha value is -1.81. The topological polar surface area (TPSA) is 40.5 Å². The molecule has 0 aliphatic carbocycles. The van der Waals surface area contributed by atoms with Crippen LogP contribution in [0.4, 0.5) is 0 Å². The van der Waals surface area contributed by atoms with E-state index >= 15 is 0 Å². The third-order valence-corrected chi connectivity index (χ3v) is 7.21. The second-order valence-electron chi connectivity index (χ2n) is 9.71. The van der Waals surface area contributed by atoms with E-state index in [4.69, 9.17) is 23.2 Å². The molecule has 0 aromatic heterocycles. The molecule has 1 aliphatic heterocycles. The third-order valence-electron chi connectivity index (χ3n) is 6.72. The van der Waals surface area contributed by atoms with E-state index in [1.807, 2.05) is 67.3 Å². The van der Waals surface area contributed by atoms with Crippen LogP contribution in [-0.4, -0.2) is 27.6 Å². The van der Waals surface area contributed by atoms with Gasteiger partial charge in [0.1, 0.15) is 0 Å². The Labute approximate surface area is 202 Å². The lowest BCUT2D eigenvalue weighted by Crippen LogP contribution is -2.60. The molecule has 1 N–H and O–H groups in total. The van der Waals surface area contributed by atoms with E-state index in [0.717, 1.165) is 11.1 Å².